The maximum absolute atomic E-state index is 5.42. The second kappa shape index (κ2) is 6.89. The van der Waals surface area contributed by atoms with E-state index in [9.17, 15) is 0 Å². The second-order valence-electron chi connectivity index (χ2n) is 4.80. The van der Waals surface area contributed by atoms with E-state index in [1.54, 1.807) is 0 Å². The molecule has 0 aliphatic carbocycles. The summed E-state index contributed by atoms with van der Waals surface area (Å²) in [5.41, 5.74) is 1.46. The summed E-state index contributed by atoms with van der Waals surface area (Å²) in [6.07, 6.45) is 6.78. The predicted molar refractivity (Wildman–Crippen MR) is 64.8 cm³/mol. The summed E-state index contributed by atoms with van der Waals surface area (Å²) in [5, 5.41) is 3.62. The third-order valence-corrected chi connectivity index (χ3v) is 2.76. The van der Waals surface area contributed by atoms with Crippen molar-refractivity contribution < 1.29 is 4.74 Å². The fourth-order valence-electron chi connectivity index (χ4n) is 2.00. The van der Waals surface area contributed by atoms with Crippen LogP contribution in [0.4, 0.5) is 0 Å². The maximum Gasteiger partial charge on any atom is 0.0876 e. The van der Waals surface area contributed by atoms with E-state index in [1.165, 1.54) is 31.3 Å². The summed E-state index contributed by atoms with van der Waals surface area (Å²) in [5.74, 6) is 0.738. The van der Waals surface area contributed by atoms with Gasteiger partial charge in [-0.15, -0.1) is 0 Å². The lowest BCUT2D eigenvalue weighted by molar-refractivity contribution is 0.217. The van der Waals surface area contributed by atoms with Gasteiger partial charge in [0.1, 0.15) is 0 Å². The lowest BCUT2D eigenvalue weighted by Crippen LogP contribution is -2.33. The SMILES string of the molecule is CCCNC(CC(C)C)C1=COCCC1. The Bertz CT molecular complexity index is 199. The monoisotopic (exact) mass is 211 g/mol. The van der Waals surface area contributed by atoms with Crippen molar-refractivity contribution in [1.29, 1.82) is 0 Å². The molecule has 0 aromatic heterocycles. The number of hydrogen-bond donors (Lipinski definition) is 1. The molecule has 0 radical (unpaired) electrons. The first-order chi connectivity index (χ1) is 7.24. The largest absolute Gasteiger partial charge is 0.501 e. The van der Waals surface area contributed by atoms with Crippen molar-refractivity contribution in [2.75, 3.05) is 13.2 Å². The van der Waals surface area contributed by atoms with E-state index in [2.05, 4.69) is 26.1 Å². The molecule has 15 heavy (non-hydrogen) atoms. The van der Waals surface area contributed by atoms with Gasteiger partial charge >= 0.3 is 0 Å². The Morgan fingerprint density at radius 1 is 1.47 bits per heavy atom. The van der Waals surface area contributed by atoms with Crippen LogP contribution in [-0.2, 0) is 4.74 Å². The molecule has 0 fully saturated rings. The van der Waals surface area contributed by atoms with Gasteiger partial charge < -0.3 is 10.1 Å². The quantitative estimate of drug-likeness (QED) is 0.729. The second-order valence-corrected chi connectivity index (χ2v) is 4.80. The zero-order valence-electron chi connectivity index (χ0n) is 10.4. The van der Waals surface area contributed by atoms with Crippen LogP contribution in [0.3, 0.4) is 0 Å². The Balaban J connectivity index is 2.49. The molecule has 0 spiro atoms. The number of ether oxygens (including phenoxy) is 1. The van der Waals surface area contributed by atoms with E-state index in [-0.39, 0.29) is 0 Å². The number of rotatable bonds is 6. The Hall–Kier alpha value is -0.500. The van der Waals surface area contributed by atoms with Gasteiger partial charge in [-0.2, -0.15) is 0 Å². The molecule has 0 amide bonds. The fraction of sp³-hybridized carbons (Fsp3) is 0.846. The minimum Gasteiger partial charge on any atom is -0.501 e. The molecule has 1 aliphatic heterocycles. The summed E-state index contributed by atoms with van der Waals surface area (Å²) < 4.78 is 5.42. The molecule has 1 heterocycles. The third kappa shape index (κ3) is 4.70. The first-order valence-corrected chi connectivity index (χ1v) is 6.28. The smallest absolute Gasteiger partial charge is 0.0876 e. The summed E-state index contributed by atoms with van der Waals surface area (Å²) in [4.78, 5) is 0. The van der Waals surface area contributed by atoms with Crippen LogP contribution in [0, 0.1) is 5.92 Å². The average Bonchev–Trinajstić information content (AvgIpc) is 2.25. The van der Waals surface area contributed by atoms with Crippen molar-refractivity contribution in [2.45, 2.75) is 52.5 Å². The summed E-state index contributed by atoms with van der Waals surface area (Å²) >= 11 is 0. The molecule has 2 nitrogen and oxygen atoms in total. The van der Waals surface area contributed by atoms with Gasteiger partial charge in [0, 0.05) is 6.04 Å². The predicted octanol–water partition coefficient (Wildman–Crippen LogP) is 3.10. The molecule has 0 aromatic carbocycles. The minimum absolute atomic E-state index is 0.533. The summed E-state index contributed by atoms with van der Waals surface area (Å²) in [6, 6.07) is 0.533. The topological polar surface area (TPSA) is 21.3 Å². The highest BCUT2D eigenvalue weighted by atomic mass is 16.5. The minimum atomic E-state index is 0.533. The zero-order chi connectivity index (χ0) is 11.1. The van der Waals surface area contributed by atoms with E-state index < -0.39 is 0 Å². The standard InChI is InChI=1S/C13H25NO/c1-4-7-14-13(9-11(2)3)12-6-5-8-15-10-12/h10-11,13-14H,4-9H2,1-3H3. The maximum atomic E-state index is 5.42. The van der Waals surface area contributed by atoms with Crippen LogP contribution >= 0.6 is 0 Å². The molecule has 1 atom stereocenters. The molecular weight excluding hydrogens is 186 g/mol. The molecule has 0 saturated heterocycles. The van der Waals surface area contributed by atoms with Gasteiger partial charge in [0.2, 0.25) is 0 Å². The number of hydrogen-bond acceptors (Lipinski definition) is 2. The lowest BCUT2D eigenvalue weighted by Gasteiger charge is -2.25. The van der Waals surface area contributed by atoms with Crippen LogP contribution in [0.1, 0.15) is 46.5 Å². The van der Waals surface area contributed by atoms with Crippen molar-refractivity contribution in [3.8, 4) is 0 Å². The first-order valence-electron chi connectivity index (χ1n) is 6.28. The molecule has 0 saturated carbocycles. The molecule has 1 aliphatic rings. The van der Waals surface area contributed by atoms with Gasteiger partial charge in [-0.25, -0.2) is 0 Å². The van der Waals surface area contributed by atoms with E-state index in [0.717, 1.165) is 19.1 Å². The highest BCUT2D eigenvalue weighted by molar-refractivity contribution is 5.10. The average molecular weight is 211 g/mol. The van der Waals surface area contributed by atoms with Gasteiger partial charge in [0.15, 0.2) is 0 Å². The van der Waals surface area contributed by atoms with Gasteiger partial charge in [0.05, 0.1) is 12.9 Å². The van der Waals surface area contributed by atoms with Crippen LogP contribution in [0.5, 0.6) is 0 Å². The van der Waals surface area contributed by atoms with Crippen LogP contribution in [0.2, 0.25) is 0 Å². The van der Waals surface area contributed by atoms with Crippen LogP contribution in [0.25, 0.3) is 0 Å². The molecule has 1 unspecified atom stereocenters. The summed E-state index contributed by atoms with van der Waals surface area (Å²) in [7, 11) is 0. The van der Waals surface area contributed by atoms with Gasteiger partial charge in [-0.1, -0.05) is 20.8 Å². The van der Waals surface area contributed by atoms with Gasteiger partial charge in [-0.05, 0) is 43.7 Å². The summed E-state index contributed by atoms with van der Waals surface area (Å²) in [6.45, 7) is 8.78. The van der Waals surface area contributed by atoms with E-state index in [4.69, 9.17) is 4.74 Å². The van der Waals surface area contributed by atoms with Crippen LogP contribution in [-0.4, -0.2) is 19.2 Å². The molecule has 2 heteroatoms. The first kappa shape index (κ1) is 12.6. The number of nitrogens with one attached hydrogen (secondary N) is 1. The fourth-order valence-corrected chi connectivity index (χ4v) is 2.00. The van der Waals surface area contributed by atoms with Gasteiger partial charge in [0.25, 0.3) is 0 Å². The Kier molecular flexibility index (Phi) is 5.77. The Labute approximate surface area is 94.1 Å². The molecule has 0 bridgehead atoms. The normalized spacial score (nSPS) is 18.5. The van der Waals surface area contributed by atoms with Crippen molar-refractivity contribution in [1.82, 2.24) is 5.32 Å². The molecule has 88 valence electrons. The molecule has 0 aromatic rings. The van der Waals surface area contributed by atoms with Crippen LogP contribution < -0.4 is 5.32 Å². The lowest BCUT2D eigenvalue weighted by atomic mass is 9.94. The highest BCUT2D eigenvalue weighted by Gasteiger charge is 2.17. The van der Waals surface area contributed by atoms with Crippen molar-refractivity contribution in [3.05, 3.63) is 11.8 Å². The van der Waals surface area contributed by atoms with E-state index in [1.807, 2.05) is 6.26 Å². The van der Waals surface area contributed by atoms with Crippen molar-refractivity contribution in [3.63, 3.8) is 0 Å². The Morgan fingerprint density at radius 2 is 2.27 bits per heavy atom. The Morgan fingerprint density at radius 3 is 2.80 bits per heavy atom. The van der Waals surface area contributed by atoms with E-state index >= 15 is 0 Å². The molecule has 1 rings (SSSR count). The van der Waals surface area contributed by atoms with Crippen molar-refractivity contribution >= 4 is 0 Å². The van der Waals surface area contributed by atoms with Gasteiger partial charge in [-0.3, -0.25) is 0 Å². The molecule has 1 N–H and O–H groups in total. The van der Waals surface area contributed by atoms with Crippen molar-refractivity contribution in [2.24, 2.45) is 5.92 Å². The zero-order valence-corrected chi connectivity index (χ0v) is 10.4. The van der Waals surface area contributed by atoms with E-state index in [0.29, 0.717) is 6.04 Å². The molecular formula is C13H25NO. The van der Waals surface area contributed by atoms with Crippen LogP contribution in [0.15, 0.2) is 11.8 Å². The third-order valence-electron chi connectivity index (χ3n) is 2.76. The highest BCUT2D eigenvalue weighted by Crippen LogP contribution is 2.20.